The van der Waals surface area contributed by atoms with E-state index < -0.39 is 11.9 Å². The molecule has 32 heavy (non-hydrogen) atoms. The smallest absolute Gasteiger partial charge is 0.343 e. The highest BCUT2D eigenvalue weighted by molar-refractivity contribution is 5.91. The molecule has 0 amide bonds. The number of aliphatic carboxylic acids is 1. The van der Waals surface area contributed by atoms with Crippen LogP contribution >= 0.6 is 0 Å². The Morgan fingerprint density at radius 2 is 1.78 bits per heavy atom. The van der Waals surface area contributed by atoms with Gasteiger partial charge < -0.3 is 14.6 Å². The van der Waals surface area contributed by atoms with Gasteiger partial charge in [0.25, 0.3) is 0 Å². The van der Waals surface area contributed by atoms with Crippen molar-refractivity contribution in [3.8, 4) is 22.6 Å². The van der Waals surface area contributed by atoms with Crippen LogP contribution in [0.4, 0.5) is 4.39 Å². The van der Waals surface area contributed by atoms with Gasteiger partial charge in [-0.3, -0.25) is 4.79 Å². The summed E-state index contributed by atoms with van der Waals surface area (Å²) < 4.78 is 24.9. The van der Waals surface area contributed by atoms with E-state index in [4.69, 9.17) is 9.47 Å². The maximum absolute atomic E-state index is 14.2. The fourth-order valence-electron chi connectivity index (χ4n) is 3.86. The van der Waals surface area contributed by atoms with Gasteiger partial charge in [0.15, 0.2) is 0 Å². The van der Waals surface area contributed by atoms with Crippen molar-refractivity contribution < 1.29 is 28.6 Å². The molecule has 0 aliphatic heterocycles. The highest BCUT2D eigenvalue weighted by Crippen LogP contribution is 2.45. The van der Waals surface area contributed by atoms with Crippen molar-refractivity contribution in [1.29, 1.82) is 0 Å². The van der Waals surface area contributed by atoms with Crippen LogP contribution in [0.2, 0.25) is 0 Å². The summed E-state index contributed by atoms with van der Waals surface area (Å²) >= 11 is 0. The van der Waals surface area contributed by atoms with Crippen molar-refractivity contribution in [1.82, 2.24) is 0 Å². The average Bonchev–Trinajstić information content (AvgIpc) is 3.63. The molecule has 4 rings (SSSR count). The second-order valence-corrected chi connectivity index (χ2v) is 7.93. The van der Waals surface area contributed by atoms with Crippen molar-refractivity contribution in [2.24, 2.45) is 5.92 Å². The third-order valence-electron chi connectivity index (χ3n) is 5.69. The number of halogens is 1. The SMILES string of the molecule is COc1ccc(F)c(-c2ccc(C(=O)Oc3cccc(C(CC(=O)O)C4CC4)c3)cc2)c1. The van der Waals surface area contributed by atoms with Crippen molar-refractivity contribution >= 4 is 11.9 Å². The summed E-state index contributed by atoms with van der Waals surface area (Å²) in [6.45, 7) is 0. The molecule has 5 nitrogen and oxygen atoms in total. The Hall–Kier alpha value is -3.67. The topological polar surface area (TPSA) is 72.8 Å². The minimum absolute atomic E-state index is 0.0599. The highest BCUT2D eigenvalue weighted by atomic mass is 19.1. The molecule has 0 bridgehead atoms. The Bertz CT molecular complexity index is 1140. The quantitative estimate of drug-likeness (QED) is 0.364. The fraction of sp³-hybridized carbons (Fsp3) is 0.231. The minimum atomic E-state index is -0.836. The molecule has 0 radical (unpaired) electrons. The second kappa shape index (κ2) is 9.22. The molecular formula is C26H23FO5. The Labute approximate surface area is 185 Å². The van der Waals surface area contributed by atoms with Gasteiger partial charge in [-0.05, 0) is 78.3 Å². The third-order valence-corrected chi connectivity index (χ3v) is 5.69. The van der Waals surface area contributed by atoms with Crippen LogP contribution in [0.3, 0.4) is 0 Å². The second-order valence-electron chi connectivity index (χ2n) is 7.93. The maximum atomic E-state index is 14.2. The predicted octanol–water partition coefficient (Wildman–Crippen LogP) is 5.69. The van der Waals surface area contributed by atoms with Gasteiger partial charge in [0, 0.05) is 5.56 Å². The average molecular weight is 434 g/mol. The summed E-state index contributed by atoms with van der Waals surface area (Å²) in [5.41, 5.74) is 2.18. The highest BCUT2D eigenvalue weighted by Gasteiger charge is 2.33. The van der Waals surface area contributed by atoms with Crippen LogP contribution in [0, 0.1) is 11.7 Å². The van der Waals surface area contributed by atoms with E-state index in [0.29, 0.717) is 34.1 Å². The van der Waals surface area contributed by atoms with Gasteiger partial charge in [-0.1, -0.05) is 24.3 Å². The fourth-order valence-corrected chi connectivity index (χ4v) is 3.86. The van der Waals surface area contributed by atoms with Crippen LogP contribution in [0.5, 0.6) is 11.5 Å². The Balaban J connectivity index is 1.49. The molecule has 1 fully saturated rings. The number of hydrogen-bond donors (Lipinski definition) is 1. The van der Waals surface area contributed by atoms with Crippen molar-refractivity contribution in [2.75, 3.05) is 7.11 Å². The lowest BCUT2D eigenvalue weighted by molar-refractivity contribution is -0.137. The number of rotatable bonds is 8. The zero-order chi connectivity index (χ0) is 22.7. The Morgan fingerprint density at radius 3 is 2.44 bits per heavy atom. The molecular weight excluding hydrogens is 411 g/mol. The lowest BCUT2D eigenvalue weighted by atomic mass is 9.91. The van der Waals surface area contributed by atoms with Crippen molar-refractivity contribution in [2.45, 2.75) is 25.2 Å². The van der Waals surface area contributed by atoms with E-state index in [9.17, 15) is 19.1 Å². The van der Waals surface area contributed by atoms with Gasteiger partial charge in [-0.15, -0.1) is 0 Å². The van der Waals surface area contributed by atoms with Crippen LogP contribution in [0.15, 0.2) is 66.7 Å². The summed E-state index contributed by atoms with van der Waals surface area (Å²) in [6.07, 6.45) is 2.09. The number of carboxylic acids is 1. The number of carbonyl (C=O) groups excluding carboxylic acids is 1. The summed E-state index contributed by atoms with van der Waals surface area (Å²) in [4.78, 5) is 23.9. The van der Waals surface area contributed by atoms with E-state index in [1.165, 1.54) is 13.2 Å². The lowest BCUT2D eigenvalue weighted by Crippen LogP contribution is -2.10. The monoisotopic (exact) mass is 434 g/mol. The molecule has 1 atom stereocenters. The first kappa shape index (κ1) is 21.6. The summed E-state index contributed by atoms with van der Waals surface area (Å²) in [6, 6.07) is 18.0. The molecule has 3 aromatic carbocycles. The zero-order valence-electron chi connectivity index (χ0n) is 17.6. The molecule has 1 saturated carbocycles. The molecule has 6 heteroatoms. The van der Waals surface area contributed by atoms with E-state index in [1.54, 1.807) is 54.6 Å². The first-order valence-corrected chi connectivity index (χ1v) is 10.4. The largest absolute Gasteiger partial charge is 0.497 e. The number of methoxy groups -OCH3 is 1. The minimum Gasteiger partial charge on any atom is -0.497 e. The molecule has 1 aliphatic carbocycles. The van der Waals surface area contributed by atoms with Crippen LogP contribution in [0.1, 0.15) is 41.1 Å². The van der Waals surface area contributed by atoms with Crippen molar-refractivity contribution in [3.05, 3.63) is 83.7 Å². The molecule has 0 saturated heterocycles. The van der Waals surface area contributed by atoms with E-state index in [-0.39, 0.29) is 18.2 Å². The normalized spacial score (nSPS) is 13.9. The van der Waals surface area contributed by atoms with Gasteiger partial charge in [0.2, 0.25) is 0 Å². The first-order valence-electron chi connectivity index (χ1n) is 10.4. The molecule has 0 spiro atoms. The number of carboxylic acid groups (broad SMARTS) is 1. The zero-order valence-corrected chi connectivity index (χ0v) is 17.6. The Morgan fingerprint density at radius 1 is 1.03 bits per heavy atom. The molecule has 1 N–H and O–H groups in total. The van der Waals surface area contributed by atoms with Crippen LogP contribution < -0.4 is 9.47 Å². The standard InChI is InChI=1S/C26H23FO5/c1-31-20-11-12-24(27)23(14-20)17-7-9-18(10-8-17)26(30)32-21-4-2-3-19(13-21)22(15-25(28)29)16-5-6-16/h2-4,7-14,16,22H,5-6,15H2,1H3,(H,28,29). The number of hydrogen-bond acceptors (Lipinski definition) is 4. The molecule has 164 valence electrons. The van der Waals surface area contributed by atoms with Crippen molar-refractivity contribution in [3.63, 3.8) is 0 Å². The number of ether oxygens (including phenoxy) is 2. The third kappa shape index (κ3) is 4.97. The van der Waals surface area contributed by atoms with Gasteiger partial charge >= 0.3 is 11.9 Å². The first-order chi connectivity index (χ1) is 15.4. The number of benzene rings is 3. The molecule has 0 heterocycles. The molecule has 3 aromatic rings. The number of esters is 1. The van der Waals surface area contributed by atoms with Gasteiger partial charge in [0.1, 0.15) is 17.3 Å². The van der Waals surface area contributed by atoms with E-state index >= 15 is 0 Å². The van der Waals surface area contributed by atoms with Gasteiger partial charge in [-0.2, -0.15) is 0 Å². The van der Waals surface area contributed by atoms with Gasteiger partial charge in [0.05, 0.1) is 19.1 Å². The molecule has 1 aliphatic rings. The summed E-state index contributed by atoms with van der Waals surface area (Å²) in [7, 11) is 1.51. The van der Waals surface area contributed by atoms with Gasteiger partial charge in [-0.25, -0.2) is 9.18 Å². The van der Waals surface area contributed by atoms with Crippen LogP contribution in [-0.2, 0) is 4.79 Å². The van der Waals surface area contributed by atoms with Crippen LogP contribution in [-0.4, -0.2) is 24.2 Å². The Kier molecular flexibility index (Phi) is 6.21. The molecule has 1 unspecified atom stereocenters. The summed E-state index contributed by atoms with van der Waals surface area (Å²) in [5.74, 6) is -0.573. The summed E-state index contributed by atoms with van der Waals surface area (Å²) in [5, 5.41) is 9.22. The lowest BCUT2D eigenvalue weighted by Gasteiger charge is -2.15. The van der Waals surface area contributed by atoms with E-state index in [0.717, 1.165) is 18.4 Å². The van der Waals surface area contributed by atoms with E-state index in [2.05, 4.69) is 0 Å². The van der Waals surface area contributed by atoms with E-state index in [1.807, 2.05) is 6.07 Å². The number of carbonyl (C=O) groups is 2. The predicted molar refractivity (Wildman–Crippen MR) is 118 cm³/mol. The van der Waals surface area contributed by atoms with Crippen LogP contribution in [0.25, 0.3) is 11.1 Å². The molecule has 0 aromatic heterocycles. The maximum Gasteiger partial charge on any atom is 0.343 e.